The molecule has 0 radical (unpaired) electrons. The topological polar surface area (TPSA) is 43.2 Å². The highest BCUT2D eigenvalue weighted by Gasteiger charge is 2.12. The van der Waals surface area contributed by atoms with E-state index in [4.69, 9.17) is 9.84 Å². The van der Waals surface area contributed by atoms with Crippen LogP contribution in [0.25, 0.3) is 22.3 Å². The Kier molecular flexibility index (Phi) is 6.23. The molecule has 138 valence electrons. The van der Waals surface area contributed by atoms with E-state index in [1.165, 1.54) is 0 Å². The number of rotatable bonds is 9. The highest BCUT2D eigenvalue weighted by Crippen LogP contribution is 2.28. The number of fused-ring (bicyclic) bond motifs is 1. The third-order valence-electron chi connectivity index (χ3n) is 4.38. The standard InChI is InChI=1S/C21H28N4O/c1-4-5-15-25-21-19(8-6-13-22-21)20(23-25)17-9-11-18(12-10-17)26-16-7-14-24(2)3/h6,8-13H,4-5,7,14-16H2,1-3H3. The van der Waals surface area contributed by atoms with Gasteiger partial charge in [-0.25, -0.2) is 9.67 Å². The zero-order valence-electron chi connectivity index (χ0n) is 16.0. The highest BCUT2D eigenvalue weighted by molar-refractivity contribution is 5.91. The molecule has 0 N–H and O–H groups in total. The summed E-state index contributed by atoms with van der Waals surface area (Å²) in [5.74, 6) is 0.903. The van der Waals surface area contributed by atoms with Gasteiger partial charge >= 0.3 is 0 Å². The summed E-state index contributed by atoms with van der Waals surface area (Å²) in [6.07, 6.45) is 5.10. The predicted octanol–water partition coefficient (Wildman–Crippen LogP) is 4.23. The Morgan fingerprint density at radius 2 is 1.88 bits per heavy atom. The lowest BCUT2D eigenvalue weighted by Crippen LogP contribution is -2.15. The molecule has 3 aromatic rings. The van der Waals surface area contributed by atoms with E-state index in [0.717, 1.165) is 67.0 Å². The number of nitrogens with zero attached hydrogens (tertiary/aromatic N) is 4. The molecule has 0 saturated carbocycles. The van der Waals surface area contributed by atoms with Crippen molar-refractivity contribution < 1.29 is 4.74 Å². The summed E-state index contributed by atoms with van der Waals surface area (Å²) in [5, 5.41) is 5.93. The van der Waals surface area contributed by atoms with Gasteiger partial charge in [0.25, 0.3) is 0 Å². The molecule has 0 atom stereocenters. The van der Waals surface area contributed by atoms with E-state index in [2.05, 4.69) is 49.1 Å². The minimum absolute atomic E-state index is 0.732. The number of pyridine rings is 1. The maximum atomic E-state index is 5.83. The van der Waals surface area contributed by atoms with E-state index < -0.39 is 0 Å². The predicted molar refractivity (Wildman–Crippen MR) is 107 cm³/mol. The second kappa shape index (κ2) is 8.81. The second-order valence-corrected chi connectivity index (χ2v) is 6.83. The van der Waals surface area contributed by atoms with Gasteiger partial charge in [0.05, 0.1) is 6.61 Å². The lowest BCUT2D eigenvalue weighted by Gasteiger charge is -2.10. The van der Waals surface area contributed by atoms with Crippen LogP contribution < -0.4 is 4.74 Å². The minimum atomic E-state index is 0.732. The van der Waals surface area contributed by atoms with E-state index in [1.54, 1.807) is 0 Å². The number of unbranched alkanes of at least 4 members (excludes halogenated alkanes) is 1. The quantitative estimate of drug-likeness (QED) is 0.541. The van der Waals surface area contributed by atoms with E-state index in [0.29, 0.717) is 0 Å². The molecular weight excluding hydrogens is 324 g/mol. The molecule has 1 aromatic carbocycles. The van der Waals surface area contributed by atoms with Gasteiger partial charge in [-0.2, -0.15) is 5.10 Å². The summed E-state index contributed by atoms with van der Waals surface area (Å²) in [6, 6.07) is 12.3. The van der Waals surface area contributed by atoms with E-state index in [9.17, 15) is 0 Å². The molecule has 2 aromatic heterocycles. The summed E-state index contributed by atoms with van der Waals surface area (Å²) < 4.78 is 7.86. The summed E-state index contributed by atoms with van der Waals surface area (Å²) in [7, 11) is 4.15. The molecule has 0 bridgehead atoms. The molecule has 0 spiro atoms. The minimum Gasteiger partial charge on any atom is -0.494 e. The number of hydrogen-bond donors (Lipinski definition) is 0. The molecular formula is C21H28N4O. The SMILES string of the molecule is CCCCn1nc(-c2ccc(OCCCN(C)C)cc2)c2cccnc21. The van der Waals surface area contributed by atoms with Crippen molar-refractivity contribution in [2.45, 2.75) is 32.7 Å². The molecule has 0 saturated heterocycles. The van der Waals surface area contributed by atoms with Crippen LogP contribution in [0.3, 0.4) is 0 Å². The smallest absolute Gasteiger partial charge is 0.158 e. The van der Waals surface area contributed by atoms with Crippen LogP contribution in [0.5, 0.6) is 5.75 Å². The molecule has 0 aliphatic rings. The Bertz CT molecular complexity index is 824. The fourth-order valence-electron chi connectivity index (χ4n) is 2.97. The van der Waals surface area contributed by atoms with Crippen molar-refractivity contribution in [1.29, 1.82) is 0 Å². The van der Waals surface area contributed by atoms with Gasteiger partial charge in [0.2, 0.25) is 0 Å². The van der Waals surface area contributed by atoms with Crippen LogP contribution in [0.1, 0.15) is 26.2 Å². The third-order valence-corrected chi connectivity index (χ3v) is 4.38. The summed E-state index contributed by atoms with van der Waals surface area (Å²) >= 11 is 0. The Labute approximate surface area is 155 Å². The van der Waals surface area contributed by atoms with Gasteiger partial charge in [-0.15, -0.1) is 0 Å². The normalized spacial score (nSPS) is 11.4. The van der Waals surface area contributed by atoms with Crippen molar-refractivity contribution in [3.63, 3.8) is 0 Å². The van der Waals surface area contributed by atoms with Crippen LogP contribution in [0, 0.1) is 0 Å². The van der Waals surface area contributed by atoms with Crippen molar-refractivity contribution in [3.8, 4) is 17.0 Å². The van der Waals surface area contributed by atoms with Crippen molar-refractivity contribution in [3.05, 3.63) is 42.6 Å². The molecule has 2 heterocycles. The van der Waals surface area contributed by atoms with Crippen LogP contribution in [-0.2, 0) is 6.54 Å². The molecule has 26 heavy (non-hydrogen) atoms. The first kappa shape index (κ1) is 18.4. The third kappa shape index (κ3) is 4.41. The van der Waals surface area contributed by atoms with Crippen molar-refractivity contribution in [1.82, 2.24) is 19.7 Å². The molecule has 5 heteroatoms. The molecule has 0 aliphatic carbocycles. The summed E-state index contributed by atoms with van der Waals surface area (Å²) in [5.41, 5.74) is 3.04. The largest absolute Gasteiger partial charge is 0.494 e. The average Bonchev–Trinajstić information content (AvgIpc) is 3.03. The number of hydrogen-bond acceptors (Lipinski definition) is 4. The van der Waals surface area contributed by atoms with Gasteiger partial charge in [0.1, 0.15) is 11.4 Å². The number of aryl methyl sites for hydroxylation is 1. The van der Waals surface area contributed by atoms with Crippen LogP contribution >= 0.6 is 0 Å². The summed E-state index contributed by atoms with van der Waals surface area (Å²) in [6.45, 7) is 4.86. The maximum absolute atomic E-state index is 5.83. The first-order valence-corrected chi connectivity index (χ1v) is 9.38. The number of ether oxygens (including phenoxy) is 1. The van der Waals surface area contributed by atoms with E-state index in [-0.39, 0.29) is 0 Å². The average molecular weight is 352 g/mol. The van der Waals surface area contributed by atoms with Gasteiger partial charge < -0.3 is 9.64 Å². The zero-order valence-corrected chi connectivity index (χ0v) is 16.0. The zero-order chi connectivity index (χ0) is 18.4. The lowest BCUT2D eigenvalue weighted by molar-refractivity contribution is 0.281. The highest BCUT2D eigenvalue weighted by atomic mass is 16.5. The molecule has 5 nitrogen and oxygen atoms in total. The van der Waals surface area contributed by atoms with Gasteiger partial charge in [0, 0.05) is 30.2 Å². The van der Waals surface area contributed by atoms with Crippen molar-refractivity contribution >= 4 is 11.0 Å². The van der Waals surface area contributed by atoms with Crippen molar-refractivity contribution in [2.24, 2.45) is 0 Å². The molecule has 3 rings (SSSR count). The Morgan fingerprint density at radius 3 is 2.62 bits per heavy atom. The lowest BCUT2D eigenvalue weighted by atomic mass is 10.1. The van der Waals surface area contributed by atoms with Gasteiger partial charge in [-0.1, -0.05) is 13.3 Å². The van der Waals surface area contributed by atoms with Crippen molar-refractivity contribution in [2.75, 3.05) is 27.2 Å². The molecule has 0 amide bonds. The van der Waals surface area contributed by atoms with Gasteiger partial charge in [0.15, 0.2) is 5.65 Å². The molecule has 0 aliphatic heterocycles. The number of aromatic nitrogens is 3. The van der Waals surface area contributed by atoms with Crippen LogP contribution in [0.15, 0.2) is 42.6 Å². The molecule has 0 fully saturated rings. The van der Waals surface area contributed by atoms with Gasteiger partial charge in [-0.05, 0) is 63.3 Å². The first-order valence-electron chi connectivity index (χ1n) is 9.38. The molecule has 0 unspecified atom stereocenters. The van der Waals surface area contributed by atoms with Crippen LogP contribution in [0.4, 0.5) is 0 Å². The maximum Gasteiger partial charge on any atom is 0.158 e. The fourth-order valence-corrected chi connectivity index (χ4v) is 2.97. The fraction of sp³-hybridized carbons (Fsp3) is 0.429. The first-order chi connectivity index (χ1) is 12.7. The Balaban J connectivity index is 1.76. The van der Waals surface area contributed by atoms with Gasteiger partial charge in [-0.3, -0.25) is 0 Å². The Morgan fingerprint density at radius 1 is 1.08 bits per heavy atom. The van der Waals surface area contributed by atoms with Crippen LogP contribution in [-0.4, -0.2) is 46.9 Å². The second-order valence-electron chi connectivity index (χ2n) is 6.83. The monoisotopic (exact) mass is 352 g/mol. The Hall–Kier alpha value is -2.40. The number of benzene rings is 1. The summed E-state index contributed by atoms with van der Waals surface area (Å²) in [4.78, 5) is 6.70. The van der Waals surface area contributed by atoms with E-state index in [1.807, 2.05) is 29.1 Å². The van der Waals surface area contributed by atoms with Crippen LogP contribution in [0.2, 0.25) is 0 Å². The van der Waals surface area contributed by atoms with E-state index >= 15 is 0 Å².